The normalized spacial score (nSPS) is 11.6. The predicted molar refractivity (Wildman–Crippen MR) is 113 cm³/mol. The Hall–Kier alpha value is -2.02. The first kappa shape index (κ1) is 19.7. The van der Waals surface area contributed by atoms with Crippen molar-refractivity contribution in [3.05, 3.63) is 65.0 Å². The van der Waals surface area contributed by atoms with Crippen molar-refractivity contribution in [2.45, 2.75) is 33.2 Å². The summed E-state index contributed by atoms with van der Waals surface area (Å²) in [6.07, 6.45) is 1.55. The number of aryl methyl sites for hydroxylation is 1. The van der Waals surface area contributed by atoms with Crippen LogP contribution in [0.1, 0.15) is 30.9 Å². The molecule has 0 bridgehead atoms. The molecule has 0 aliphatic rings. The van der Waals surface area contributed by atoms with Crippen molar-refractivity contribution in [2.24, 2.45) is 0 Å². The molecule has 0 aliphatic heterocycles. The molecule has 0 radical (unpaired) electrons. The van der Waals surface area contributed by atoms with Crippen LogP contribution in [0.25, 0.3) is 21.8 Å². The molecule has 27 heavy (non-hydrogen) atoms. The molecule has 1 heterocycles. The van der Waals surface area contributed by atoms with E-state index in [0.717, 1.165) is 33.8 Å². The van der Waals surface area contributed by atoms with E-state index in [1.807, 2.05) is 31.2 Å². The number of rotatable bonds is 8. The molecule has 1 N–H and O–H groups in total. The van der Waals surface area contributed by atoms with Crippen LogP contribution in [0, 0.1) is 6.92 Å². The van der Waals surface area contributed by atoms with E-state index in [-0.39, 0.29) is 5.75 Å². The largest absolute Gasteiger partial charge is 0.236 e. The average molecular weight is 401 g/mol. The molecule has 0 saturated carbocycles. The summed E-state index contributed by atoms with van der Waals surface area (Å²) in [7, 11) is -3.19. The SMILES string of the molecule is CCCCS(=O)(=O)NCc1ccc(-c2nc(-c3ccc(C)cc3)cs2)cc1. The fourth-order valence-electron chi connectivity index (χ4n) is 2.63. The van der Waals surface area contributed by atoms with Gasteiger partial charge in [0.15, 0.2) is 0 Å². The van der Waals surface area contributed by atoms with Crippen molar-refractivity contribution < 1.29 is 8.42 Å². The maximum atomic E-state index is 11.9. The van der Waals surface area contributed by atoms with Crippen LogP contribution in [0.4, 0.5) is 0 Å². The third-order valence-electron chi connectivity index (χ3n) is 4.32. The van der Waals surface area contributed by atoms with Crippen molar-refractivity contribution in [2.75, 3.05) is 5.75 Å². The van der Waals surface area contributed by atoms with Gasteiger partial charge in [-0.2, -0.15) is 0 Å². The Morgan fingerprint density at radius 1 is 1.00 bits per heavy atom. The van der Waals surface area contributed by atoms with Gasteiger partial charge in [0.05, 0.1) is 11.4 Å². The molecule has 0 fully saturated rings. The second kappa shape index (κ2) is 8.78. The molecule has 2 aromatic carbocycles. The molecule has 0 atom stereocenters. The van der Waals surface area contributed by atoms with Crippen molar-refractivity contribution in [1.29, 1.82) is 0 Å². The van der Waals surface area contributed by atoms with Gasteiger partial charge in [-0.05, 0) is 18.9 Å². The number of sulfonamides is 1. The molecule has 0 spiro atoms. The summed E-state index contributed by atoms with van der Waals surface area (Å²) in [5, 5.41) is 3.02. The van der Waals surface area contributed by atoms with Crippen LogP contribution < -0.4 is 4.72 Å². The van der Waals surface area contributed by atoms with Gasteiger partial charge >= 0.3 is 0 Å². The highest BCUT2D eigenvalue weighted by Gasteiger charge is 2.10. The minimum atomic E-state index is -3.19. The van der Waals surface area contributed by atoms with Crippen LogP contribution in [-0.4, -0.2) is 19.2 Å². The van der Waals surface area contributed by atoms with E-state index in [1.165, 1.54) is 5.56 Å². The molecule has 0 aliphatic carbocycles. The van der Waals surface area contributed by atoms with E-state index in [2.05, 4.69) is 41.3 Å². The van der Waals surface area contributed by atoms with Crippen molar-refractivity contribution in [3.63, 3.8) is 0 Å². The van der Waals surface area contributed by atoms with Crippen LogP contribution in [0.5, 0.6) is 0 Å². The van der Waals surface area contributed by atoms with Crippen LogP contribution in [0.3, 0.4) is 0 Å². The standard InChI is InChI=1S/C21H24N2O2S2/c1-3-4-13-27(24,25)22-14-17-7-11-19(12-8-17)21-23-20(15-26-21)18-9-5-16(2)6-10-18/h5-12,15,22H,3-4,13-14H2,1-2H3. The average Bonchev–Trinajstić information content (AvgIpc) is 3.16. The number of thiazole rings is 1. The van der Waals surface area contributed by atoms with Crippen molar-refractivity contribution >= 4 is 21.4 Å². The molecular formula is C21H24N2O2S2. The highest BCUT2D eigenvalue weighted by molar-refractivity contribution is 7.89. The zero-order chi connectivity index (χ0) is 19.3. The Labute approximate surface area is 165 Å². The topological polar surface area (TPSA) is 59.1 Å². The number of aromatic nitrogens is 1. The minimum Gasteiger partial charge on any atom is -0.236 e. The van der Waals surface area contributed by atoms with Crippen molar-refractivity contribution in [1.82, 2.24) is 9.71 Å². The Balaban J connectivity index is 1.66. The number of unbranched alkanes of at least 4 members (excludes halogenated alkanes) is 1. The zero-order valence-electron chi connectivity index (χ0n) is 15.6. The molecule has 1 aromatic heterocycles. The number of hydrogen-bond donors (Lipinski definition) is 1. The summed E-state index contributed by atoms with van der Waals surface area (Å²) in [6, 6.07) is 16.2. The lowest BCUT2D eigenvalue weighted by Crippen LogP contribution is -2.25. The van der Waals surface area contributed by atoms with Crippen LogP contribution in [0.2, 0.25) is 0 Å². The Kier molecular flexibility index (Phi) is 6.42. The van der Waals surface area contributed by atoms with Crippen LogP contribution in [-0.2, 0) is 16.6 Å². The highest BCUT2D eigenvalue weighted by atomic mass is 32.2. The number of hydrogen-bond acceptors (Lipinski definition) is 4. The summed E-state index contributed by atoms with van der Waals surface area (Å²) in [4.78, 5) is 4.74. The van der Waals surface area contributed by atoms with Crippen molar-refractivity contribution in [3.8, 4) is 21.8 Å². The summed E-state index contributed by atoms with van der Waals surface area (Å²) < 4.78 is 26.4. The van der Waals surface area contributed by atoms with Crippen LogP contribution in [0.15, 0.2) is 53.9 Å². The monoisotopic (exact) mass is 400 g/mol. The first-order chi connectivity index (χ1) is 13.0. The van der Waals surface area contributed by atoms with Gasteiger partial charge < -0.3 is 0 Å². The quantitative estimate of drug-likeness (QED) is 0.578. The van der Waals surface area contributed by atoms with E-state index < -0.39 is 10.0 Å². The van der Waals surface area contributed by atoms with Gasteiger partial charge in [-0.3, -0.25) is 0 Å². The lowest BCUT2D eigenvalue weighted by molar-refractivity contribution is 0.578. The lowest BCUT2D eigenvalue weighted by Gasteiger charge is -2.06. The lowest BCUT2D eigenvalue weighted by atomic mass is 10.1. The minimum absolute atomic E-state index is 0.183. The van der Waals surface area contributed by atoms with Gasteiger partial charge in [0.2, 0.25) is 10.0 Å². The molecule has 0 saturated heterocycles. The summed E-state index contributed by atoms with van der Waals surface area (Å²) in [5.74, 6) is 0.183. The first-order valence-electron chi connectivity index (χ1n) is 9.06. The van der Waals surface area contributed by atoms with Gasteiger partial charge in [-0.25, -0.2) is 18.1 Å². The summed E-state index contributed by atoms with van der Waals surface area (Å²) >= 11 is 1.61. The van der Waals surface area contributed by atoms with E-state index in [1.54, 1.807) is 11.3 Å². The molecular weight excluding hydrogens is 376 g/mol. The molecule has 0 amide bonds. The smallest absolute Gasteiger partial charge is 0.211 e. The van der Waals surface area contributed by atoms with Gasteiger partial charge in [0.25, 0.3) is 0 Å². The molecule has 6 heteroatoms. The maximum absolute atomic E-state index is 11.9. The molecule has 4 nitrogen and oxygen atoms in total. The Morgan fingerprint density at radius 3 is 2.33 bits per heavy atom. The fraction of sp³-hybridized carbons (Fsp3) is 0.286. The Morgan fingerprint density at radius 2 is 1.67 bits per heavy atom. The highest BCUT2D eigenvalue weighted by Crippen LogP contribution is 2.29. The van der Waals surface area contributed by atoms with E-state index in [9.17, 15) is 8.42 Å². The predicted octanol–water partition coefficient (Wildman–Crippen LogP) is 5.01. The molecule has 142 valence electrons. The second-order valence-electron chi connectivity index (χ2n) is 6.59. The van der Waals surface area contributed by atoms with Gasteiger partial charge in [0, 0.05) is 23.1 Å². The second-order valence-corrected chi connectivity index (χ2v) is 9.38. The zero-order valence-corrected chi connectivity index (χ0v) is 17.2. The summed E-state index contributed by atoms with van der Waals surface area (Å²) in [5.41, 5.74) is 5.30. The number of nitrogens with one attached hydrogen (secondary N) is 1. The first-order valence-corrected chi connectivity index (χ1v) is 11.6. The number of nitrogens with zero attached hydrogens (tertiary/aromatic N) is 1. The van der Waals surface area contributed by atoms with E-state index in [0.29, 0.717) is 13.0 Å². The van der Waals surface area contributed by atoms with E-state index >= 15 is 0 Å². The van der Waals surface area contributed by atoms with Gasteiger partial charge in [-0.15, -0.1) is 11.3 Å². The van der Waals surface area contributed by atoms with Gasteiger partial charge in [-0.1, -0.05) is 67.4 Å². The molecule has 3 rings (SSSR count). The van der Waals surface area contributed by atoms with E-state index in [4.69, 9.17) is 4.98 Å². The van der Waals surface area contributed by atoms with Crippen LogP contribution >= 0.6 is 11.3 Å². The molecule has 0 unspecified atom stereocenters. The summed E-state index contributed by atoms with van der Waals surface area (Å²) in [6.45, 7) is 4.37. The third kappa shape index (κ3) is 5.48. The van der Waals surface area contributed by atoms with Gasteiger partial charge in [0.1, 0.15) is 5.01 Å². The molecule has 3 aromatic rings. The Bertz CT molecular complexity index is 976. The maximum Gasteiger partial charge on any atom is 0.211 e. The third-order valence-corrected chi connectivity index (χ3v) is 6.62. The fourth-order valence-corrected chi connectivity index (χ4v) is 4.66. The number of benzene rings is 2.